The van der Waals surface area contributed by atoms with Crippen molar-refractivity contribution in [3.05, 3.63) is 94.1 Å². The van der Waals surface area contributed by atoms with Crippen molar-refractivity contribution < 1.29 is 14.3 Å². The van der Waals surface area contributed by atoms with Gasteiger partial charge in [0, 0.05) is 34.4 Å². The molecule has 0 saturated carbocycles. The van der Waals surface area contributed by atoms with E-state index in [9.17, 15) is 9.59 Å². The summed E-state index contributed by atoms with van der Waals surface area (Å²) >= 11 is 13.1. The van der Waals surface area contributed by atoms with E-state index in [2.05, 4.69) is 15.6 Å². The van der Waals surface area contributed by atoms with Gasteiger partial charge in [-0.05, 0) is 43.3 Å². The average molecular weight is 560 g/mol. The van der Waals surface area contributed by atoms with E-state index in [0.717, 1.165) is 16.6 Å². The molecular formula is C27H25Cl3N4O3. The summed E-state index contributed by atoms with van der Waals surface area (Å²) < 4.78 is 6.05. The Labute approximate surface area is 231 Å². The van der Waals surface area contributed by atoms with Crippen LogP contribution in [0.4, 0.5) is 16.2 Å². The molecule has 7 nitrogen and oxygen atoms in total. The Balaban J connectivity index is 0.00000380. The molecule has 192 valence electrons. The molecule has 0 aliphatic heterocycles. The number of benzene rings is 3. The molecule has 1 heterocycles. The van der Waals surface area contributed by atoms with Gasteiger partial charge in [0.1, 0.15) is 17.9 Å². The highest BCUT2D eigenvalue weighted by Gasteiger charge is 2.19. The van der Waals surface area contributed by atoms with Crippen LogP contribution in [0.1, 0.15) is 11.3 Å². The van der Waals surface area contributed by atoms with Crippen LogP contribution in [0.3, 0.4) is 0 Å². The van der Waals surface area contributed by atoms with E-state index in [1.165, 1.54) is 4.90 Å². The highest BCUT2D eigenvalue weighted by Crippen LogP contribution is 2.35. The van der Waals surface area contributed by atoms with Crippen LogP contribution in [0.15, 0.2) is 72.8 Å². The number of para-hydroxylation sites is 2. The minimum Gasteiger partial charge on any atom is -0.487 e. The number of nitrogens with one attached hydrogen (secondary N) is 2. The molecule has 1 aromatic heterocycles. The van der Waals surface area contributed by atoms with E-state index in [-0.39, 0.29) is 36.5 Å². The molecule has 0 aliphatic carbocycles. The van der Waals surface area contributed by atoms with E-state index in [1.54, 1.807) is 43.4 Å². The summed E-state index contributed by atoms with van der Waals surface area (Å²) in [6.07, 6.45) is 0. The van der Waals surface area contributed by atoms with Gasteiger partial charge in [0.2, 0.25) is 5.91 Å². The molecule has 2 N–H and O–H groups in total. The van der Waals surface area contributed by atoms with Crippen LogP contribution < -0.4 is 20.3 Å². The third-order valence-electron chi connectivity index (χ3n) is 5.53. The van der Waals surface area contributed by atoms with Crippen LogP contribution in [0.5, 0.6) is 5.75 Å². The van der Waals surface area contributed by atoms with Gasteiger partial charge in [-0.3, -0.25) is 4.79 Å². The van der Waals surface area contributed by atoms with Crippen LogP contribution in [-0.4, -0.2) is 30.5 Å². The highest BCUT2D eigenvalue weighted by atomic mass is 35.5. The number of rotatable bonds is 7. The maximum absolute atomic E-state index is 12.8. The molecule has 0 spiro atoms. The molecule has 0 bridgehead atoms. The van der Waals surface area contributed by atoms with E-state index < -0.39 is 6.03 Å². The number of hydrogen-bond donors (Lipinski definition) is 2. The van der Waals surface area contributed by atoms with Gasteiger partial charge in [-0.25, -0.2) is 9.78 Å². The van der Waals surface area contributed by atoms with Crippen LogP contribution in [0, 0.1) is 6.92 Å². The van der Waals surface area contributed by atoms with Crippen molar-refractivity contribution in [3.63, 3.8) is 0 Å². The molecule has 0 radical (unpaired) electrons. The van der Waals surface area contributed by atoms with Crippen LogP contribution >= 0.6 is 35.6 Å². The first-order valence-electron chi connectivity index (χ1n) is 11.2. The number of likely N-dealkylation sites (N-methyl/N-ethyl adjacent to an activating group) is 1. The number of halogens is 3. The first-order chi connectivity index (χ1) is 17.3. The van der Waals surface area contributed by atoms with Gasteiger partial charge in [0.05, 0.1) is 17.3 Å². The molecule has 3 aromatic carbocycles. The Morgan fingerprint density at radius 2 is 1.73 bits per heavy atom. The number of aromatic nitrogens is 1. The average Bonchev–Trinajstić information content (AvgIpc) is 2.87. The van der Waals surface area contributed by atoms with Gasteiger partial charge in [-0.2, -0.15) is 0 Å². The minimum atomic E-state index is -0.488. The number of nitrogens with zero attached hydrogens (tertiary/aromatic N) is 2. The van der Waals surface area contributed by atoms with Gasteiger partial charge in [0.15, 0.2) is 0 Å². The predicted molar refractivity (Wildman–Crippen MR) is 151 cm³/mol. The SMILES string of the molecule is Cc1ccc2cccc(OCc3c(Cl)ccc(N(C)C(=O)CNC(=O)Nc4ccccc4)c3Cl)c2n1.Cl. The number of carbonyl (C=O) groups is 2. The normalized spacial score (nSPS) is 10.4. The Morgan fingerprint density at radius 1 is 0.973 bits per heavy atom. The van der Waals surface area contributed by atoms with E-state index in [0.29, 0.717) is 27.7 Å². The predicted octanol–water partition coefficient (Wildman–Crippen LogP) is 6.64. The van der Waals surface area contributed by atoms with Gasteiger partial charge in [-0.15, -0.1) is 12.4 Å². The second kappa shape index (κ2) is 12.6. The number of urea groups is 1. The lowest BCUT2D eigenvalue weighted by Gasteiger charge is -2.21. The zero-order valence-electron chi connectivity index (χ0n) is 20.1. The maximum atomic E-state index is 12.8. The lowest BCUT2D eigenvalue weighted by Crippen LogP contribution is -2.40. The van der Waals surface area contributed by atoms with Crippen molar-refractivity contribution in [2.24, 2.45) is 0 Å². The summed E-state index contributed by atoms with van der Waals surface area (Å²) in [7, 11) is 1.58. The second-order valence-electron chi connectivity index (χ2n) is 8.05. The van der Waals surface area contributed by atoms with Crippen LogP contribution in [-0.2, 0) is 11.4 Å². The first kappa shape index (κ1) is 28.1. The van der Waals surface area contributed by atoms with E-state index in [1.807, 2.05) is 43.3 Å². The molecule has 0 aliphatic rings. The molecule has 10 heteroatoms. The van der Waals surface area contributed by atoms with Crippen LogP contribution in [0.25, 0.3) is 10.9 Å². The smallest absolute Gasteiger partial charge is 0.319 e. The summed E-state index contributed by atoms with van der Waals surface area (Å²) in [5, 5.41) is 6.88. The van der Waals surface area contributed by atoms with Gasteiger partial charge in [0.25, 0.3) is 0 Å². The molecule has 4 rings (SSSR count). The first-order valence-corrected chi connectivity index (χ1v) is 11.9. The molecule has 0 saturated heterocycles. The zero-order chi connectivity index (χ0) is 25.7. The van der Waals surface area contributed by atoms with Crippen molar-refractivity contribution in [2.75, 3.05) is 23.8 Å². The third-order valence-corrected chi connectivity index (χ3v) is 6.30. The number of hydrogen-bond acceptors (Lipinski definition) is 4. The monoisotopic (exact) mass is 558 g/mol. The zero-order valence-corrected chi connectivity index (χ0v) is 22.5. The Bertz CT molecular complexity index is 1420. The number of pyridine rings is 1. The lowest BCUT2D eigenvalue weighted by molar-refractivity contribution is -0.117. The van der Waals surface area contributed by atoms with Crippen molar-refractivity contribution in [1.82, 2.24) is 10.3 Å². The Morgan fingerprint density at radius 3 is 2.49 bits per heavy atom. The number of fused-ring (bicyclic) bond motifs is 1. The van der Waals surface area contributed by atoms with E-state index >= 15 is 0 Å². The van der Waals surface area contributed by atoms with Crippen molar-refractivity contribution >= 4 is 69.8 Å². The summed E-state index contributed by atoms with van der Waals surface area (Å²) in [4.78, 5) is 30.8. The topological polar surface area (TPSA) is 83.6 Å². The number of amides is 3. The number of aryl methyl sites for hydroxylation is 1. The minimum absolute atomic E-state index is 0. The molecule has 0 atom stereocenters. The quantitative estimate of drug-likeness (QED) is 0.266. The summed E-state index contributed by atoms with van der Waals surface area (Å²) in [6, 6.07) is 21.4. The standard InChI is InChI=1S/C27H24Cl2N4O3.ClH/c1-17-11-12-18-7-6-10-23(26(18)31-17)36-16-20-21(28)13-14-22(25(20)29)33(2)24(34)15-30-27(35)32-19-8-4-3-5-9-19;/h3-14H,15-16H2,1-2H3,(H2,30,32,35);1H. The summed E-state index contributed by atoms with van der Waals surface area (Å²) in [6.45, 7) is 1.78. The molecule has 3 amide bonds. The fourth-order valence-corrected chi connectivity index (χ4v) is 4.17. The summed E-state index contributed by atoms with van der Waals surface area (Å²) in [5.41, 5.74) is 3.23. The molecular weight excluding hydrogens is 535 g/mol. The maximum Gasteiger partial charge on any atom is 0.319 e. The molecule has 37 heavy (non-hydrogen) atoms. The molecule has 0 unspecified atom stereocenters. The lowest BCUT2D eigenvalue weighted by atomic mass is 10.1. The second-order valence-corrected chi connectivity index (χ2v) is 8.84. The van der Waals surface area contributed by atoms with Gasteiger partial charge in [-0.1, -0.05) is 59.6 Å². The number of carbonyl (C=O) groups excluding carboxylic acids is 2. The molecule has 4 aromatic rings. The highest BCUT2D eigenvalue weighted by molar-refractivity contribution is 6.38. The third kappa shape index (κ3) is 6.83. The number of anilines is 2. The Kier molecular flexibility index (Phi) is 9.58. The van der Waals surface area contributed by atoms with Gasteiger partial charge < -0.3 is 20.3 Å². The summed E-state index contributed by atoms with van der Waals surface area (Å²) in [5.74, 6) is 0.245. The van der Waals surface area contributed by atoms with E-state index in [4.69, 9.17) is 27.9 Å². The van der Waals surface area contributed by atoms with Crippen molar-refractivity contribution in [1.29, 1.82) is 0 Å². The fourth-order valence-electron chi connectivity index (χ4n) is 3.57. The number of ether oxygens (including phenoxy) is 1. The van der Waals surface area contributed by atoms with Crippen molar-refractivity contribution in [3.8, 4) is 5.75 Å². The Hall–Kier alpha value is -3.52. The van der Waals surface area contributed by atoms with Gasteiger partial charge >= 0.3 is 6.03 Å². The fraction of sp³-hybridized carbons (Fsp3) is 0.148. The van der Waals surface area contributed by atoms with Crippen molar-refractivity contribution in [2.45, 2.75) is 13.5 Å². The largest absolute Gasteiger partial charge is 0.487 e. The van der Waals surface area contributed by atoms with Crippen LogP contribution in [0.2, 0.25) is 10.0 Å². The molecule has 0 fully saturated rings.